The van der Waals surface area contributed by atoms with Crippen molar-refractivity contribution in [2.45, 2.75) is 27.3 Å². The fourth-order valence-corrected chi connectivity index (χ4v) is 3.90. The van der Waals surface area contributed by atoms with Crippen molar-refractivity contribution in [3.63, 3.8) is 0 Å². The van der Waals surface area contributed by atoms with Crippen molar-refractivity contribution < 1.29 is 14.2 Å². The van der Waals surface area contributed by atoms with Crippen LogP contribution in [0, 0.1) is 18.7 Å². The van der Waals surface area contributed by atoms with Gasteiger partial charge in [0.25, 0.3) is 0 Å². The van der Waals surface area contributed by atoms with Gasteiger partial charge in [0.15, 0.2) is 11.5 Å². The SMILES string of the molecule is Cc1cc(-c2cc(O)c3c(c2)CN(CC(C)C)CCO3)nc2cc(F)ccc12. The zero-order chi connectivity index (χ0) is 19.8. The summed E-state index contributed by atoms with van der Waals surface area (Å²) in [6.07, 6.45) is 0. The summed E-state index contributed by atoms with van der Waals surface area (Å²) in [6, 6.07) is 10.3. The summed E-state index contributed by atoms with van der Waals surface area (Å²) < 4.78 is 19.5. The summed E-state index contributed by atoms with van der Waals surface area (Å²) in [5, 5.41) is 11.5. The zero-order valence-electron chi connectivity index (χ0n) is 16.5. The van der Waals surface area contributed by atoms with Crippen LogP contribution in [-0.2, 0) is 6.54 Å². The maximum absolute atomic E-state index is 13.7. The van der Waals surface area contributed by atoms with Gasteiger partial charge in [0.05, 0.1) is 11.2 Å². The topological polar surface area (TPSA) is 45.6 Å². The summed E-state index contributed by atoms with van der Waals surface area (Å²) in [5.74, 6) is 0.924. The van der Waals surface area contributed by atoms with Gasteiger partial charge in [-0.3, -0.25) is 4.90 Å². The van der Waals surface area contributed by atoms with Crippen LogP contribution in [0.15, 0.2) is 36.4 Å². The molecule has 28 heavy (non-hydrogen) atoms. The summed E-state index contributed by atoms with van der Waals surface area (Å²) in [7, 11) is 0. The fourth-order valence-electron chi connectivity index (χ4n) is 3.90. The molecule has 0 saturated carbocycles. The molecule has 5 heteroatoms. The Labute approximate surface area is 164 Å². The molecule has 0 atom stereocenters. The summed E-state index contributed by atoms with van der Waals surface area (Å²) >= 11 is 0. The van der Waals surface area contributed by atoms with E-state index in [0.29, 0.717) is 29.5 Å². The number of phenols is 1. The molecule has 4 rings (SSSR count). The Kier molecular flexibility index (Phi) is 4.94. The lowest BCUT2D eigenvalue weighted by atomic mass is 10.0. The number of benzene rings is 2. The molecule has 0 saturated heterocycles. The van der Waals surface area contributed by atoms with Crippen LogP contribution < -0.4 is 4.74 Å². The first-order valence-electron chi connectivity index (χ1n) is 9.69. The fraction of sp³-hybridized carbons (Fsp3) is 0.348. The van der Waals surface area contributed by atoms with Gasteiger partial charge in [-0.25, -0.2) is 9.37 Å². The van der Waals surface area contributed by atoms with Gasteiger partial charge in [-0.15, -0.1) is 0 Å². The van der Waals surface area contributed by atoms with Crippen LogP contribution in [0.1, 0.15) is 25.0 Å². The molecule has 4 nitrogen and oxygen atoms in total. The molecular weight excluding hydrogens is 355 g/mol. The smallest absolute Gasteiger partial charge is 0.165 e. The second kappa shape index (κ2) is 7.40. The lowest BCUT2D eigenvalue weighted by Gasteiger charge is -2.21. The van der Waals surface area contributed by atoms with Crippen LogP contribution >= 0.6 is 0 Å². The average Bonchev–Trinajstić information content (AvgIpc) is 2.82. The van der Waals surface area contributed by atoms with Crippen LogP contribution in [0.4, 0.5) is 4.39 Å². The third-order valence-electron chi connectivity index (χ3n) is 5.09. The molecule has 0 fully saturated rings. The van der Waals surface area contributed by atoms with Crippen LogP contribution in [0.3, 0.4) is 0 Å². The van der Waals surface area contributed by atoms with E-state index in [0.717, 1.165) is 41.7 Å². The van der Waals surface area contributed by atoms with E-state index in [1.807, 2.05) is 19.1 Å². The van der Waals surface area contributed by atoms with Gasteiger partial charge in [-0.2, -0.15) is 0 Å². The molecule has 0 spiro atoms. The van der Waals surface area contributed by atoms with E-state index in [4.69, 9.17) is 4.74 Å². The average molecular weight is 380 g/mol. The number of halogens is 1. The van der Waals surface area contributed by atoms with Crippen molar-refractivity contribution in [2.75, 3.05) is 19.7 Å². The first-order chi connectivity index (χ1) is 13.4. The first-order valence-corrected chi connectivity index (χ1v) is 9.69. The molecule has 1 N–H and O–H groups in total. The summed E-state index contributed by atoms with van der Waals surface area (Å²) in [4.78, 5) is 6.98. The Balaban J connectivity index is 1.78. The molecule has 1 aromatic heterocycles. The molecule has 146 valence electrons. The molecule has 1 aliphatic heterocycles. The normalized spacial score (nSPS) is 14.8. The highest BCUT2D eigenvalue weighted by Crippen LogP contribution is 2.38. The Hall–Kier alpha value is -2.66. The summed E-state index contributed by atoms with van der Waals surface area (Å²) in [5.41, 5.74) is 4.11. The van der Waals surface area contributed by atoms with E-state index in [9.17, 15) is 9.50 Å². The van der Waals surface area contributed by atoms with Crippen molar-refractivity contribution in [1.29, 1.82) is 0 Å². The highest BCUT2D eigenvalue weighted by Gasteiger charge is 2.21. The number of ether oxygens (including phenoxy) is 1. The van der Waals surface area contributed by atoms with Gasteiger partial charge in [-0.1, -0.05) is 13.8 Å². The van der Waals surface area contributed by atoms with Gasteiger partial charge < -0.3 is 9.84 Å². The number of rotatable bonds is 3. The van der Waals surface area contributed by atoms with Crippen molar-refractivity contribution in [1.82, 2.24) is 9.88 Å². The van der Waals surface area contributed by atoms with Crippen LogP contribution in [-0.4, -0.2) is 34.7 Å². The van der Waals surface area contributed by atoms with Crippen molar-refractivity contribution in [3.05, 3.63) is 53.3 Å². The molecule has 0 bridgehead atoms. The van der Waals surface area contributed by atoms with E-state index >= 15 is 0 Å². The van der Waals surface area contributed by atoms with Gasteiger partial charge in [0.1, 0.15) is 12.4 Å². The largest absolute Gasteiger partial charge is 0.504 e. The number of pyridine rings is 1. The maximum Gasteiger partial charge on any atom is 0.165 e. The summed E-state index contributed by atoms with van der Waals surface area (Å²) in [6.45, 7) is 9.45. The molecule has 2 aromatic carbocycles. The molecule has 0 unspecified atom stereocenters. The molecule has 0 amide bonds. The number of hydrogen-bond donors (Lipinski definition) is 1. The predicted octanol–water partition coefficient (Wildman–Crippen LogP) is 4.91. The number of fused-ring (bicyclic) bond motifs is 2. The van der Waals surface area contributed by atoms with Crippen molar-refractivity contribution in [2.24, 2.45) is 5.92 Å². The minimum Gasteiger partial charge on any atom is -0.504 e. The number of hydrogen-bond acceptors (Lipinski definition) is 4. The van der Waals surface area contributed by atoms with Crippen molar-refractivity contribution in [3.8, 4) is 22.8 Å². The van der Waals surface area contributed by atoms with E-state index in [-0.39, 0.29) is 11.6 Å². The number of phenolic OH excluding ortho intramolecular Hbond substituents is 1. The third kappa shape index (κ3) is 3.67. The third-order valence-corrected chi connectivity index (χ3v) is 5.09. The monoisotopic (exact) mass is 380 g/mol. The van der Waals surface area contributed by atoms with E-state index in [2.05, 4.69) is 23.7 Å². The Morgan fingerprint density at radius 3 is 2.82 bits per heavy atom. The van der Waals surface area contributed by atoms with Gasteiger partial charge in [0, 0.05) is 42.2 Å². The van der Waals surface area contributed by atoms with Gasteiger partial charge >= 0.3 is 0 Å². The molecule has 1 aliphatic rings. The highest BCUT2D eigenvalue weighted by molar-refractivity contribution is 5.85. The Bertz CT molecular complexity index is 1030. The zero-order valence-corrected chi connectivity index (χ0v) is 16.5. The number of nitrogens with zero attached hydrogens (tertiary/aromatic N) is 2. The number of aromatic hydroxyl groups is 1. The predicted molar refractivity (Wildman–Crippen MR) is 109 cm³/mol. The maximum atomic E-state index is 13.7. The van der Waals surface area contributed by atoms with Crippen LogP contribution in [0.5, 0.6) is 11.5 Å². The first kappa shape index (κ1) is 18.7. The lowest BCUT2D eigenvalue weighted by Crippen LogP contribution is -2.29. The second-order valence-corrected chi connectivity index (χ2v) is 7.95. The Morgan fingerprint density at radius 1 is 1.21 bits per heavy atom. The highest BCUT2D eigenvalue weighted by atomic mass is 19.1. The van der Waals surface area contributed by atoms with Crippen LogP contribution in [0.25, 0.3) is 22.2 Å². The van der Waals surface area contributed by atoms with Crippen molar-refractivity contribution >= 4 is 10.9 Å². The van der Waals surface area contributed by atoms with Crippen LogP contribution in [0.2, 0.25) is 0 Å². The van der Waals surface area contributed by atoms with Gasteiger partial charge in [-0.05, 0) is 48.7 Å². The molecule has 0 radical (unpaired) electrons. The molecular formula is C23H25FN2O2. The molecule has 3 aromatic rings. The number of aromatic nitrogens is 1. The van der Waals surface area contributed by atoms with Gasteiger partial charge in [0.2, 0.25) is 0 Å². The van der Waals surface area contributed by atoms with E-state index < -0.39 is 0 Å². The lowest BCUT2D eigenvalue weighted by molar-refractivity contribution is 0.205. The second-order valence-electron chi connectivity index (χ2n) is 7.95. The quantitative estimate of drug-likeness (QED) is 0.702. The standard InChI is InChI=1S/C23H25FN2O2/c1-14(2)12-26-6-7-28-23-17(13-26)9-16(10-22(23)27)20-8-15(3)19-5-4-18(24)11-21(19)25-20/h4-5,8-11,14,27H,6-7,12-13H2,1-3H3. The molecule has 0 aliphatic carbocycles. The number of aryl methyl sites for hydroxylation is 1. The minimum absolute atomic E-state index is 0.123. The minimum atomic E-state index is -0.306. The molecule has 2 heterocycles. The van der Waals surface area contributed by atoms with E-state index in [1.165, 1.54) is 12.1 Å². The van der Waals surface area contributed by atoms with E-state index in [1.54, 1.807) is 12.1 Å². The Morgan fingerprint density at radius 2 is 2.04 bits per heavy atom.